The van der Waals surface area contributed by atoms with Gasteiger partial charge >= 0.3 is 6.61 Å². The van der Waals surface area contributed by atoms with Crippen molar-refractivity contribution >= 4 is 17.9 Å². The highest BCUT2D eigenvalue weighted by Gasteiger charge is 2.26. The number of halogens is 3. The predicted molar refractivity (Wildman–Crippen MR) is 117 cm³/mol. The van der Waals surface area contributed by atoms with E-state index in [1.807, 2.05) is 12.1 Å². The molecule has 3 aromatic heterocycles. The number of aromatic nitrogens is 4. The Morgan fingerprint density at radius 2 is 2.09 bits per heavy atom. The van der Waals surface area contributed by atoms with Crippen LogP contribution in [0.4, 0.5) is 8.78 Å². The molecule has 1 unspecified atom stereocenters. The molecule has 0 fully saturated rings. The summed E-state index contributed by atoms with van der Waals surface area (Å²) in [4.78, 5) is 20.1. The van der Waals surface area contributed by atoms with E-state index in [4.69, 9.17) is 16.7 Å². The number of rotatable bonds is 6. The molecular weight excluding hydrogens is 452 g/mol. The lowest BCUT2D eigenvalue weighted by Crippen LogP contribution is -2.12. The van der Waals surface area contributed by atoms with Crippen molar-refractivity contribution in [2.24, 2.45) is 0 Å². The Bertz CT molecular complexity index is 1330. The SMILES string of the molecule is O=CC1NCc2c1ccnc2-c1cc(-c2cc(Cl)cc(OC(F)F)c2)n(-c2cccnc2)n1. The maximum Gasteiger partial charge on any atom is 0.387 e. The Kier molecular flexibility index (Phi) is 5.57. The van der Waals surface area contributed by atoms with Crippen molar-refractivity contribution in [3.8, 4) is 34.1 Å². The first-order valence-electron chi connectivity index (χ1n) is 9.96. The van der Waals surface area contributed by atoms with Crippen LogP contribution in [0.3, 0.4) is 0 Å². The summed E-state index contributed by atoms with van der Waals surface area (Å²) in [7, 11) is 0. The molecule has 1 aliphatic heterocycles. The number of benzene rings is 1. The van der Waals surface area contributed by atoms with Crippen LogP contribution in [-0.4, -0.2) is 32.6 Å². The monoisotopic (exact) mass is 467 g/mol. The van der Waals surface area contributed by atoms with Crippen molar-refractivity contribution in [1.82, 2.24) is 25.1 Å². The van der Waals surface area contributed by atoms with E-state index in [1.165, 1.54) is 12.1 Å². The Balaban J connectivity index is 1.69. The molecule has 0 radical (unpaired) electrons. The Morgan fingerprint density at radius 3 is 2.85 bits per heavy atom. The molecule has 5 rings (SSSR count). The summed E-state index contributed by atoms with van der Waals surface area (Å²) in [5, 5.41) is 8.12. The molecule has 33 heavy (non-hydrogen) atoms. The van der Waals surface area contributed by atoms with Crippen molar-refractivity contribution in [2.75, 3.05) is 0 Å². The summed E-state index contributed by atoms with van der Waals surface area (Å²) in [6.07, 6.45) is 5.76. The predicted octanol–water partition coefficient (Wildman–Crippen LogP) is 4.59. The number of ether oxygens (including phenoxy) is 1. The van der Waals surface area contributed by atoms with E-state index in [-0.39, 0.29) is 10.8 Å². The summed E-state index contributed by atoms with van der Waals surface area (Å²) >= 11 is 6.19. The maximum atomic E-state index is 12.8. The number of carbonyl (C=O) groups is 1. The highest BCUT2D eigenvalue weighted by molar-refractivity contribution is 6.31. The molecule has 0 aliphatic carbocycles. The molecule has 166 valence electrons. The second kappa shape index (κ2) is 8.68. The van der Waals surface area contributed by atoms with E-state index >= 15 is 0 Å². The Labute approximate surface area is 192 Å². The van der Waals surface area contributed by atoms with Gasteiger partial charge in [-0.15, -0.1) is 0 Å². The minimum absolute atomic E-state index is 0.0651. The molecule has 1 atom stereocenters. The fourth-order valence-electron chi connectivity index (χ4n) is 3.91. The van der Waals surface area contributed by atoms with E-state index in [2.05, 4.69) is 20.0 Å². The zero-order chi connectivity index (χ0) is 22.9. The summed E-state index contributed by atoms with van der Waals surface area (Å²) < 4.78 is 31.8. The van der Waals surface area contributed by atoms with Crippen molar-refractivity contribution in [2.45, 2.75) is 19.2 Å². The van der Waals surface area contributed by atoms with Crippen LogP contribution < -0.4 is 10.1 Å². The van der Waals surface area contributed by atoms with Crippen molar-refractivity contribution < 1.29 is 18.3 Å². The zero-order valence-electron chi connectivity index (χ0n) is 17.0. The Hall–Kier alpha value is -3.69. The molecule has 1 aliphatic rings. The highest BCUT2D eigenvalue weighted by atomic mass is 35.5. The number of hydrogen-bond acceptors (Lipinski definition) is 6. The van der Waals surface area contributed by atoms with E-state index in [0.29, 0.717) is 34.9 Å². The van der Waals surface area contributed by atoms with E-state index in [0.717, 1.165) is 17.4 Å². The summed E-state index contributed by atoms with van der Waals surface area (Å²) in [6.45, 7) is -2.51. The van der Waals surface area contributed by atoms with Gasteiger partial charge in [0.25, 0.3) is 0 Å². The normalized spacial score (nSPS) is 15.0. The molecule has 0 amide bonds. The van der Waals surface area contributed by atoms with Gasteiger partial charge in [0.15, 0.2) is 0 Å². The standard InChI is InChI=1S/C23H16ClF2N5O2/c24-14-6-13(7-16(8-14)33-23(25)26)21-9-19(30-31(21)15-2-1-4-27-10-15)22-18-11-29-20(12-32)17(18)3-5-28-22/h1-10,12,20,23,29H,11H2. The van der Waals surface area contributed by atoms with Gasteiger partial charge in [0.05, 0.1) is 29.3 Å². The fourth-order valence-corrected chi connectivity index (χ4v) is 4.13. The fraction of sp³-hybridized carbons (Fsp3) is 0.130. The average molecular weight is 468 g/mol. The molecule has 4 heterocycles. The topological polar surface area (TPSA) is 81.9 Å². The number of alkyl halides is 2. The first-order chi connectivity index (χ1) is 16.0. The lowest BCUT2D eigenvalue weighted by molar-refractivity contribution is -0.109. The summed E-state index contributed by atoms with van der Waals surface area (Å²) in [5.41, 5.74) is 4.67. The van der Waals surface area contributed by atoms with E-state index in [9.17, 15) is 13.6 Å². The van der Waals surface area contributed by atoms with Gasteiger partial charge in [0.1, 0.15) is 17.7 Å². The molecule has 1 aromatic carbocycles. The first kappa shape index (κ1) is 21.2. The van der Waals surface area contributed by atoms with Gasteiger partial charge in [0, 0.05) is 29.5 Å². The number of fused-ring (bicyclic) bond motifs is 1. The summed E-state index contributed by atoms with van der Waals surface area (Å²) in [5.74, 6) is -0.0651. The number of aldehydes is 1. The number of carbonyl (C=O) groups excluding carboxylic acids is 1. The molecule has 0 saturated carbocycles. The van der Waals surface area contributed by atoms with Crippen LogP contribution >= 0.6 is 11.6 Å². The second-order valence-electron chi connectivity index (χ2n) is 7.31. The largest absolute Gasteiger partial charge is 0.435 e. The molecule has 0 bridgehead atoms. The van der Waals surface area contributed by atoms with E-state index < -0.39 is 12.7 Å². The molecule has 0 spiro atoms. The van der Waals surface area contributed by atoms with E-state index in [1.54, 1.807) is 41.5 Å². The van der Waals surface area contributed by atoms with Crippen LogP contribution in [0.5, 0.6) is 5.75 Å². The van der Waals surface area contributed by atoms with Gasteiger partial charge in [0.2, 0.25) is 0 Å². The van der Waals surface area contributed by atoms with Gasteiger partial charge in [-0.3, -0.25) is 15.3 Å². The third kappa shape index (κ3) is 4.08. The molecule has 10 heteroatoms. The quantitative estimate of drug-likeness (QED) is 0.417. The summed E-state index contributed by atoms with van der Waals surface area (Å²) in [6, 6.07) is 11.2. The number of nitrogens with one attached hydrogen (secondary N) is 1. The van der Waals surface area contributed by atoms with Crippen molar-refractivity contribution in [1.29, 1.82) is 0 Å². The molecule has 1 N–H and O–H groups in total. The van der Waals surface area contributed by atoms with Crippen LogP contribution in [-0.2, 0) is 11.3 Å². The lowest BCUT2D eigenvalue weighted by atomic mass is 10.0. The van der Waals surface area contributed by atoms with Crippen LogP contribution in [0.2, 0.25) is 5.02 Å². The molecular formula is C23H16ClF2N5O2. The maximum absolute atomic E-state index is 12.8. The minimum atomic E-state index is -2.98. The van der Waals surface area contributed by atoms with Gasteiger partial charge in [-0.2, -0.15) is 13.9 Å². The lowest BCUT2D eigenvalue weighted by Gasteiger charge is -2.10. The van der Waals surface area contributed by atoms with Crippen molar-refractivity contribution in [3.63, 3.8) is 0 Å². The van der Waals surface area contributed by atoms with Crippen LogP contribution in [0.1, 0.15) is 17.2 Å². The van der Waals surface area contributed by atoms with Gasteiger partial charge in [-0.1, -0.05) is 11.6 Å². The smallest absolute Gasteiger partial charge is 0.387 e. The molecule has 7 nitrogen and oxygen atoms in total. The number of pyridine rings is 2. The van der Waals surface area contributed by atoms with Crippen LogP contribution in [0.15, 0.2) is 61.1 Å². The first-order valence-corrected chi connectivity index (χ1v) is 10.3. The third-order valence-electron chi connectivity index (χ3n) is 5.30. The number of hydrogen-bond donors (Lipinski definition) is 1. The second-order valence-corrected chi connectivity index (χ2v) is 7.75. The van der Waals surface area contributed by atoms with Crippen LogP contribution in [0, 0.1) is 0 Å². The minimum Gasteiger partial charge on any atom is -0.435 e. The molecule has 4 aromatic rings. The van der Waals surface area contributed by atoms with Gasteiger partial charge in [-0.05, 0) is 53.6 Å². The Morgan fingerprint density at radius 1 is 1.21 bits per heavy atom. The average Bonchev–Trinajstić information content (AvgIpc) is 3.43. The third-order valence-corrected chi connectivity index (χ3v) is 5.51. The van der Waals surface area contributed by atoms with Gasteiger partial charge in [-0.25, -0.2) is 4.68 Å². The van der Waals surface area contributed by atoms with Crippen molar-refractivity contribution in [3.05, 3.63) is 77.2 Å². The highest BCUT2D eigenvalue weighted by Crippen LogP contribution is 2.36. The van der Waals surface area contributed by atoms with Crippen LogP contribution in [0.25, 0.3) is 28.3 Å². The number of nitrogens with zero attached hydrogens (tertiary/aromatic N) is 4. The zero-order valence-corrected chi connectivity index (χ0v) is 17.7. The van der Waals surface area contributed by atoms with Gasteiger partial charge < -0.3 is 9.53 Å². The molecule has 0 saturated heterocycles.